The molecule has 0 atom stereocenters. The first-order chi connectivity index (χ1) is 27.3. The normalized spacial score (nSPS) is 11.3. The molecule has 7 aromatic carbocycles. The van der Waals surface area contributed by atoms with Crippen molar-refractivity contribution in [2.24, 2.45) is 0 Å². The minimum atomic E-state index is 0.605. The van der Waals surface area contributed by atoms with Crippen LogP contribution in [0.15, 0.2) is 200 Å². The Kier molecular flexibility index (Phi) is 8.08. The lowest BCUT2D eigenvalue weighted by Gasteiger charge is -2.16. The molecule has 3 aromatic heterocycles. The maximum atomic E-state index is 5.10. The van der Waals surface area contributed by atoms with Crippen LogP contribution in [0.1, 0.15) is 0 Å². The molecule has 0 saturated heterocycles. The Labute approximate surface area is 318 Å². The van der Waals surface area contributed by atoms with Crippen molar-refractivity contribution in [3.05, 3.63) is 200 Å². The molecule has 0 amide bonds. The second-order valence-corrected chi connectivity index (χ2v) is 13.5. The molecule has 0 saturated carbocycles. The van der Waals surface area contributed by atoms with Gasteiger partial charge in [-0.2, -0.15) is 0 Å². The van der Waals surface area contributed by atoms with Crippen molar-refractivity contribution in [2.45, 2.75) is 0 Å². The third-order valence-electron chi connectivity index (χ3n) is 10.2. The van der Waals surface area contributed by atoms with Gasteiger partial charge in [0.2, 0.25) is 0 Å². The molecular weight excluding hydrogens is 671 g/mol. The first-order valence-electron chi connectivity index (χ1n) is 18.4. The quantitative estimate of drug-likeness (QED) is 0.166. The molecule has 0 fully saturated rings. The maximum Gasteiger partial charge on any atom is 0.164 e. The first kappa shape index (κ1) is 32.2. The van der Waals surface area contributed by atoms with Crippen molar-refractivity contribution in [3.63, 3.8) is 0 Å². The van der Waals surface area contributed by atoms with Crippen LogP contribution in [0.3, 0.4) is 0 Å². The SMILES string of the molecule is c1ccc(-c2ccc3c(c2)c2cc(-c4ccccc4)ccc2n3-c2cc(-c3nc(-c4ccccc4)nc(-c4ccccc4)n3)ccc2-c2ccncc2)cc1. The fraction of sp³-hybridized carbons (Fsp3) is 0. The second-order valence-electron chi connectivity index (χ2n) is 13.5. The Morgan fingerprint density at radius 2 is 0.727 bits per heavy atom. The Hall–Kier alpha value is -7.50. The van der Waals surface area contributed by atoms with E-state index in [1.807, 2.05) is 73.1 Å². The van der Waals surface area contributed by atoms with Crippen LogP contribution in [0, 0.1) is 0 Å². The summed E-state index contributed by atoms with van der Waals surface area (Å²) in [5.74, 6) is 1.86. The molecule has 3 heterocycles. The van der Waals surface area contributed by atoms with E-state index in [9.17, 15) is 0 Å². The van der Waals surface area contributed by atoms with Gasteiger partial charge in [0.25, 0.3) is 0 Å². The lowest BCUT2D eigenvalue weighted by atomic mass is 10.0. The van der Waals surface area contributed by atoms with Crippen LogP contribution in [0.4, 0.5) is 0 Å². The molecule has 5 nitrogen and oxygen atoms in total. The Morgan fingerprint density at radius 1 is 0.309 bits per heavy atom. The second kappa shape index (κ2) is 13.8. The molecule has 0 bridgehead atoms. The molecule has 0 unspecified atom stereocenters. The van der Waals surface area contributed by atoms with Crippen LogP contribution in [0.5, 0.6) is 0 Å². The summed E-state index contributed by atoms with van der Waals surface area (Å²) in [6.07, 6.45) is 3.70. The number of aromatic nitrogens is 5. The summed E-state index contributed by atoms with van der Waals surface area (Å²) < 4.78 is 2.39. The third-order valence-corrected chi connectivity index (χ3v) is 10.2. The standard InChI is InChI=1S/C50H33N5/c1-5-13-34(14-6-1)39-22-25-45-43(31-39)44-32-40(35-15-7-2-8-16-35)23-26-46(44)55(45)47-33-41(21-24-42(47)36-27-29-51-30-28-36)50-53-48(37-17-9-3-10-18-37)52-49(54-50)38-19-11-4-12-20-38/h1-33H. The molecule has 258 valence electrons. The molecule has 10 rings (SSSR count). The van der Waals surface area contributed by atoms with Crippen molar-refractivity contribution in [1.29, 1.82) is 0 Å². The van der Waals surface area contributed by atoms with E-state index in [0.717, 1.165) is 44.5 Å². The van der Waals surface area contributed by atoms with Gasteiger partial charge in [-0.3, -0.25) is 4.98 Å². The summed E-state index contributed by atoms with van der Waals surface area (Å²) in [7, 11) is 0. The Bertz CT molecular complexity index is 2790. The van der Waals surface area contributed by atoms with Gasteiger partial charge < -0.3 is 4.57 Å². The molecule has 0 N–H and O–H groups in total. The van der Waals surface area contributed by atoms with Gasteiger partial charge in [-0.05, 0) is 70.3 Å². The van der Waals surface area contributed by atoms with Gasteiger partial charge in [-0.25, -0.2) is 15.0 Å². The lowest BCUT2D eigenvalue weighted by Crippen LogP contribution is -2.02. The zero-order valence-corrected chi connectivity index (χ0v) is 29.8. The molecule has 0 spiro atoms. The highest BCUT2D eigenvalue weighted by Gasteiger charge is 2.20. The van der Waals surface area contributed by atoms with E-state index in [1.165, 1.54) is 33.0 Å². The lowest BCUT2D eigenvalue weighted by molar-refractivity contribution is 1.07. The summed E-state index contributed by atoms with van der Waals surface area (Å²) in [6.45, 7) is 0. The van der Waals surface area contributed by atoms with Crippen LogP contribution in [0.2, 0.25) is 0 Å². The summed E-state index contributed by atoms with van der Waals surface area (Å²) in [6, 6.07) is 65.7. The molecule has 0 aliphatic rings. The number of benzene rings is 7. The number of nitrogens with zero attached hydrogens (tertiary/aromatic N) is 5. The Morgan fingerprint density at radius 3 is 1.20 bits per heavy atom. The zero-order valence-electron chi connectivity index (χ0n) is 29.8. The van der Waals surface area contributed by atoms with E-state index >= 15 is 0 Å². The van der Waals surface area contributed by atoms with Crippen LogP contribution in [-0.4, -0.2) is 24.5 Å². The molecule has 10 aromatic rings. The largest absolute Gasteiger partial charge is 0.309 e. The number of fused-ring (bicyclic) bond motifs is 3. The Balaban J connectivity index is 1.25. The van der Waals surface area contributed by atoms with E-state index < -0.39 is 0 Å². The predicted molar refractivity (Wildman–Crippen MR) is 225 cm³/mol. The predicted octanol–water partition coefficient (Wildman–Crippen LogP) is 12.4. The topological polar surface area (TPSA) is 56.5 Å². The van der Waals surface area contributed by atoms with Crippen LogP contribution < -0.4 is 0 Å². The summed E-state index contributed by atoms with van der Waals surface area (Å²) in [5.41, 5.74) is 12.8. The molecule has 0 aliphatic carbocycles. The van der Waals surface area contributed by atoms with E-state index in [0.29, 0.717) is 17.5 Å². The first-order valence-corrected chi connectivity index (χ1v) is 18.4. The molecule has 5 heteroatoms. The van der Waals surface area contributed by atoms with Crippen molar-refractivity contribution in [1.82, 2.24) is 24.5 Å². The van der Waals surface area contributed by atoms with Crippen molar-refractivity contribution in [2.75, 3.05) is 0 Å². The van der Waals surface area contributed by atoms with Gasteiger partial charge in [-0.1, -0.05) is 146 Å². The molecule has 0 radical (unpaired) electrons. The number of hydrogen-bond donors (Lipinski definition) is 0. The molecular formula is C50H33N5. The monoisotopic (exact) mass is 703 g/mol. The third kappa shape index (κ3) is 6.04. The van der Waals surface area contributed by atoms with Crippen molar-refractivity contribution < 1.29 is 0 Å². The van der Waals surface area contributed by atoms with Gasteiger partial charge in [0, 0.05) is 45.4 Å². The average molecular weight is 704 g/mol. The highest BCUT2D eigenvalue weighted by atomic mass is 15.0. The van der Waals surface area contributed by atoms with Gasteiger partial charge in [-0.15, -0.1) is 0 Å². The van der Waals surface area contributed by atoms with Crippen molar-refractivity contribution in [3.8, 4) is 73.2 Å². The average Bonchev–Trinajstić information content (AvgIpc) is 3.60. The fourth-order valence-electron chi connectivity index (χ4n) is 7.47. The minimum Gasteiger partial charge on any atom is -0.309 e. The number of hydrogen-bond acceptors (Lipinski definition) is 4. The fourth-order valence-corrected chi connectivity index (χ4v) is 7.47. The number of pyridine rings is 1. The summed E-state index contributed by atoms with van der Waals surface area (Å²) in [5, 5.41) is 2.36. The maximum absolute atomic E-state index is 5.10. The molecule has 0 aliphatic heterocycles. The van der Waals surface area contributed by atoms with Gasteiger partial charge in [0.15, 0.2) is 17.5 Å². The van der Waals surface area contributed by atoms with Crippen molar-refractivity contribution >= 4 is 21.8 Å². The van der Waals surface area contributed by atoms with Crippen LogP contribution >= 0.6 is 0 Å². The molecule has 55 heavy (non-hydrogen) atoms. The highest BCUT2D eigenvalue weighted by molar-refractivity contribution is 6.12. The highest BCUT2D eigenvalue weighted by Crippen LogP contribution is 2.41. The van der Waals surface area contributed by atoms with Crippen LogP contribution in [0.25, 0.3) is 95.0 Å². The number of rotatable bonds is 7. The minimum absolute atomic E-state index is 0.605. The summed E-state index contributed by atoms with van der Waals surface area (Å²) in [4.78, 5) is 19.5. The van der Waals surface area contributed by atoms with Gasteiger partial charge >= 0.3 is 0 Å². The van der Waals surface area contributed by atoms with E-state index in [4.69, 9.17) is 15.0 Å². The zero-order chi connectivity index (χ0) is 36.6. The van der Waals surface area contributed by atoms with Crippen LogP contribution in [-0.2, 0) is 0 Å². The summed E-state index contributed by atoms with van der Waals surface area (Å²) >= 11 is 0. The smallest absolute Gasteiger partial charge is 0.164 e. The van der Waals surface area contributed by atoms with E-state index in [1.54, 1.807) is 0 Å². The van der Waals surface area contributed by atoms with E-state index in [-0.39, 0.29) is 0 Å². The van der Waals surface area contributed by atoms with E-state index in [2.05, 4.69) is 137 Å². The van der Waals surface area contributed by atoms with Gasteiger partial charge in [0.1, 0.15) is 0 Å². The van der Waals surface area contributed by atoms with Gasteiger partial charge in [0.05, 0.1) is 16.7 Å².